The zero-order chi connectivity index (χ0) is 22.2. The maximum absolute atomic E-state index is 13.6. The Kier molecular flexibility index (Phi) is 4.66. The number of fused-ring (bicyclic) bond motifs is 1. The van der Waals surface area contributed by atoms with Crippen LogP contribution in [-0.2, 0) is 0 Å². The van der Waals surface area contributed by atoms with Crippen LogP contribution in [0.4, 0.5) is 15.9 Å². The molecule has 4 N–H and O–H groups in total. The van der Waals surface area contributed by atoms with Crippen LogP contribution < -0.4 is 11.1 Å². The summed E-state index contributed by atoms with van der Waals surface area (Å²) in [6.07, 6.45) is 3.45. The number of phenols is 1. The van der Waals surface area contributed by atoms with Crippen LogP contribution in [0.2, 0.25) is 0 Å². The summed E-state index contributed by atoms with van der Waals surface area (Å²) in [5.41, 5.74) is 9.56. The van der Waals surface area contributed by atoms with Gasteiger partial charge in [0.25, 0.3) is 0 Å². The molecule has 0 radical (unpaired) electrons. The van der Waals surface area contributed by atoms with Crippen LogP contribution in [0.1, 0.15) is 18.5 Å². The maximum Gasteiger partial charge on any atom is 0.154 e. The number of aromatic hydroxyl groups is 1. The van der Waals surface area contributed by atoms with Crippen LogP contribution >= 0.6 is 0 Å². The number of halogens is 1. The van der Waals surface area contributed by atoms with Gasteiger partial charge in [-0.15, -0.1) is 10.2 Å². The number of phenolic OH excluding ortho intramolecular Hbond substituents is 1. The number of aromatic nitrogens is 6. The number of benzene rings is 2. The van der Waals surface area contributed by atoms with Crippen molar-refractivity contribution in [2.45, 2.75) is 13.0 Å². The zero-order valence-corrected chi connectivity index (χ0v) is 17.0. The van der Waals surface area contributed by atoms with E-state index in [0.29, 0.717) is 34.1 Å². The van der Waals surface area contributed by atoms with Gasteiger partial charge in [0.1, 0.15) is 28.8 Å². The molecule has 32 heavy (non-hydrogen) atoms. The highest BCUT2D eigenvalue weighted by molar-refractivity contribution is 5.60. The van der Waals surface area contributed by atoms with Crippen LogP contribution in [0, 0.1) is 5.82 Å². The number of rotatable bonds is 5. The Morgan fingerprint density at radius 3 is 2.72 bits per heavy atom. The van der Waals surface area contributed by atoms with E-state index in [1.807, 2.05) is 19.1 Å². The van der Waals surface area contributed by atoms with Gasteiger partial charge < -0.3 is 16.2 Å². The van der Waals surface area contributed by atoms with Crippen molar-refractivity contribution in [3.8, 4) is 22.8 Å². The average molecular weight is 430 g/mol. The fourth-order valence-electron chi connectivity index (χ4n) is 3.43. The van der Waals surface area contributed by atoms with Crippen molar-refractivity contribution in [3.63, 3.8) is 0 Å². The van der Waals surface area contributed by atoms with Crippen molar-refractivity contribution in [2.24, 2.45) is 0 Å². The van der Waals surface area contributed by atoms with Crippen molar-refractivity contribution in [2.75, 3.05) is 11.1 Å². The van der Waals surface area contributed by atoms with Gasteiger partial charge in [0.2, 0.25) is 0 Å². The van der Waals surface area contributed by atoms with Gasteiger partial charge in [-0.2, -0.15) is 0 Å². The molecule has 10 heteroatoms. The molecule has 1 atom stereocenters. The van der Waals surface area contributed by atoms with Crippen LogP contribution in [-0.4, -0.2) is 34.7 Å². The van der Waals surface area contributed by atoms with Gasteiger partial charge in [-0.1, -0.05) is 5.21 Å². The fraction of sp³-hybridized carbons (Fsp3) is 0.0909. The highest BCUT2D eigenvalue weighted by atomic mass is 19.1. The van der Waals surface area contributed by atoms with Gasteiger partial charge >= 0.3 is 0 Å². The molecule has 0 saturated heterocycles. The Labute approximate surface area is 182 Å². The molecule has 0 bridgehead atoms. The summed E-state index contributed by atoms with van der Waals surface area (Å²) in [6.45, 7) is 1.81. The molecule has 0 saturated carbocycles. The lowest BCUT2D eigenvalue weighted by molar-refractivity contribution is 0.462. The third-order valence-corrected chi connectivity index (χ3v) is 5.10. The average Bonchev–Trinajstić information content (AvgIpc) is 3.43. The number of hydrogen-bond donors (Lipinski definition) is 3. The highest BCUT2D eigenvalue weighted by Crippen LogP contribution is 2.27. The molecular weight excluding hydrogens is 411 g/mol. The molecule has 2 aromatic carbocycles. The van der Waals surface area contributed by atoms with Crippen LogP contribution in [0.15, 0.2) is 67.0 Å². The van der Waals surface area contributed by atoms with Gasteiger partial charge in [-0.05, 0) is 61.5 Å². The monoisotopic (exact) mass is 430 g/mol. The smallest absolute Gasteiger partial charge is 0.154 e. The largest absolute Gasteiger partial charge is 0.508 e. The SMILES string of the molecule is C[C@@H](Nc1ccc2ncc(-c3cn(-c4ccc(N)cc4)nn3)n2n1)c1cc(F)ccc1O. The predicted molar refractivity (Wildman–Crippen MR) is 118 cm³/mol. The first kappa shape index (κ1) is 19.5. The zero-order valence-electron chi connectivity index (χ0n) is 17.0. The van der Waals surface area contributed by atoms with Gasteiger partial charge in [0, 0.05) is 11.3 Å². The molecule has 0 aliphatic rings. The van der Waals surface area contributed by atoms with Crippen LogP contribution in [0.3, 0.4) is 0 Å². The van der Waals surface area contributed by atoms with E-state index < -0.39 is 5.82 Å². The summed E-state index contributed by atoms with van der Waals surface area (Å²) in [4.78, 5) is 4.38. The van der Waals surface area contributed by atoms with Crippen molar-refractivity contribution < 1.29 is 9.50 Å². The fourth-order valence-corrected chi connectivity index (χ4v) is 3.43. The van der Waals surface area contributed by atoms with Gasteiger partial charge in [0.05, 0.1) is 24.1 Å². The molecule has 5 rings (SSSR count). The summed E-state index contributed by atoms with van der Waals surface area (Å²) in [7, 11) is 0. The first-order valence-electron chi connectivity index (χ1n) is 9.86. The Morgan fingerprint density at radius 2 is 1.91 bits per heavy atom. The van der Waals surface area contributed by atoms with Crippen molar-refractivity contribution in [1.29, 1.82) is 0 Å². The second-order valence-corrected chi connectivity index (χ2v) is 7.34. The van der Waals surface area contributed by atoms with Gasteiger partial charge in [0.15, 0.2) is 5.65 Å². The van der Waals surface area contributed by atoms with Gasteiger partial charge in [-0.25, -0.2) is 18.6 Å². The Hall–Kier alpha value is -4.47. The number of nitrogens with zero attached hydrogens (tertiary/aromatic N) is 6. The molecule has 3 aromatic heterocycles. The number of nitrogen functional groups attached to an aromatic ring is 1. The topological polar surface area (TPSA) is 119 Å². The van der Waals surface area contributed by atoms with Crippen molar-refractivity contribution in [1.82, 2.24) is 29.6 Å². The number of anilines is 2. The summed E-state index contributed by atoms with van der Waals surface area (Å²) >= 11 is 0. The number of hydrogen-bond acceptors (Lipinski definition) is 7. The number of imidazole rings is 1. The molecule has 5 aromatic rings. The lowest BCUT2D eigenvalue weighted by atomic mass is 10.1. The number of nitrogens with two attached hydrogens (primary N) is 1. The van der Waals surface area contributed by atoms with E-state index in [1.54, 1.807) is 45.9 Å². The standard InChI is InChI=1S/C22H19FN8O/c1-13(17-10-14(23)2-7-20(17)32)26-21-8-9-22-25-11-19(31(22)28-21)18-12-30(29-27-18)16-5-3-15(24)4-6-16/h2-13,32H,24H2,1H3,(H,26,28)/t13-/m1/s1. The van der Waals surface area contributed by atoms with Crippen molar-refractivity contribution in [3.05, 3.63) is 78.4 Å². The van der Waals surface area contributed by atoms with E-state index in [0.717, 1.165) is 5.69 Å². The molecule has 0 fully saturated rings. The van der Waals surface area contributed by atoms with E-state index in [4.69, 9.17) is 5.73 Å². The second kappa shape index (κ2) is 7.65. The normalized spacial score (nSPS) is 12.2. The molecule has 0 aliphatic carbocycles. The summed E-state index contributed by atoms with van der Waals surface area (Å²) < 4.78 is 16.9. The minimum atomic E-state index is -0.420. The summed E-state index contributed by atoms with van der Waals surface area (Å²) in [5.74, 6) is 0.116. The molecule has 0 spiro atoms. The molecular formula is C22H19FN8O. The minimum Gasteiger partial charge on any atom is -0.508 e. The lowest BCUT2D eigenvalue weighted by Gasteiger charge is -2.16. The molecule has 0 aliphatic heterocycles. The summed E-state index contributed by atoms with van der Waals surface area (Å²) in [5, 5.41) is 26.3. The van der Waals surface area contributed by atoms with E-state index in [1.165, 1.54) is 18.2 Å². The summed E-state index contributed by atoms with van der Waals surface area (Å²) in [6, 6.07) is 14.3. The first-order valence-corrected chi connectivity index (χ1v) is 9.86. The molecule has 9 nitrogen and oxygen atoms in total. The molecule has 160 valence electrons. The quantitative estimate of drug-likeness (QED) is 0.365. The maximum atomic E-state index is 13.6. The second-order valence-electron chi connectivity index (χ2n) is 7.34. The number of nitrogens with one attached hydrogen (secondary N) is 1. The third-order valence-electron chi connectivity index (χ3n) is 5.10. The Morgan fingerprint density at radius 1 is 1.09 bits per heavy atom. The van der Waals surface area contributed by atoms with E-state index in [9.17, 15) is 9.50 Å². The molecule has 0 unspecified atom stereocenters. The third kappa shape index (κ3) is 3.58. The predicted octanol–water partition coefficient (Wildman–Crippen LogP) is 3.58. The first-order chi connectivity index (χ1) is 15.5. The lowest BCUT2D eigenvalue weighted by Crippen LogP contribution is -2.10. The van der Waals surface area contributed by atoms with E-state index in [2.05, 4.69) is 25.7 Å². The molecule has 0 amide bonds. The Bertz CT molecular complexity index is 1410. The Balaban J connectivity index is 1.45. The van der Waals surface area contributed by atoms with Crippen LogP contribution in [0.25, 0.3) is 22.7 Å². The highest BCUT2D eigenvalue weighted by Gasteiger charge is 2.15. The minimum absolute atomic E-state index is 0.00933. The van der Waals surface area contributed by atoms with Crippen molar-refractivity contribution >= 4 is 17.2 Å². The molecule has 3 heterocycles. The van der Waals surface area contributed by atoms with Crippen LogP contribution in [0.5, 0.6) is 5.75 Å². The van der Waals surface area contributed by atoms with E-state index >= 15 is 0 Å². The van der Waals surface area contributed by atoms with Gasteiger partial charge in [-0.3, -0.25) is 0 Å². The van der Waals surface area contributed by atoms with E-state index in [-0.39, 0.29) is 11.8 Å².